The zero-order valence-corrected chi connectivity index (χ0v) is 18.6. The molecule has 1 amide bonds. The van der Waals surface area contributed by atoms with Crippen LogP contribution in [0.1, 0.15) is 11.4 Å². The highest BCUT2D eigenvalue weighted by atomic mass is 32.1. The van der Waals surface area contributed by atoms with Crippen LogP contribution in [0.5, 0.6) is 0 Å². The van der Waals surface area contributed by atoms with Crippen molar-refractivity contribution in [3.8, 4) is 11.1 Å². The Morgan fingerprint density at radius 1 is 1.06 bits per heavy atom. The predicted octanol–water partition coefficient (Wildman–Crippen LogP) is 4.88. The van der Waals surface area contributed by atoms with E-state index < -0.39 is 0 Å². The van der Waals surface area contributed by atoms with Crippen molar-refractivity contribution >= 4 is 39.0 Å². The molecule has 0 saturated carbocycles. The number of carbonyl (C=O) groups is 1. The summed E-state index contributed by atoms with van der Waals surface area (Å²) in [5.74, 6) is 1.45. The average molecular weight is 433 g/mol. The van der Waals surface area contributed by atoms with Crippen molar-refractivity contribution in [3.05, 3.63) is 71.4 Å². The number of thiophene rings is 1. The average Bonchev–Trinajstić information content (AvgIpc) is 3.20. The van der Waals surface area contributed by atoms with Gasteiger partial charge in [-0.1, -0.05) is 42.5 Å². The molecule has 4 rings (SSSR count). The quantitative estimate of drug-likeness (QED) is 0.451. The van der Waals surface area contributed by atoms with Gasteiger partial charge in [0.1, 0.15) is 17.3 Å². The van der Waals surface area contributed by atoms with Crippen LogP contribution in [0.3, 0.4) is 0 Å². The Hall–Kier alpha value is -3.29. The summed E-state index contributed by atoms with van der Waals surface area (Å²) in [6.45, 7) is 0.342. The number of benzene rings is 2. The Bertz CT molecular complexity index is 1190. The molecule has 0 saturated heterocycles. The van der Waals surface area contributed by atoms with E-state index in [0.29, 0.717) is 18.9 Å². The number of nitrogens with zero attached hydrogens (tertiary/aromatic N) is 3. The Morgan fingerprint density at radius 2 is 1.81 bits per heavy atom. The molecule has 158 valence electrons. The van der Waals surface area contributed by atoms with Gasteiger partial charge in [-0.05, 0) is 23.3 Å². The maximum absolute atomic E-state index is 12.0. The molecule has 6 nitrogen and oxygen atoms in total. The highest BCUT2D eigenvalue weighted by Gasteiger charge is 2.16. The molecule has 0 spiro atoms. The number of rotatable bonds is 7. The molecule has 2 heterocycles. The Labute approximate surface area is 185 Å². The summed E-state index contributed by atoms with van der Waals surface area (Å²) in [5.41, 5.74) is 4.09. The lowest BCUT2D eigenvalue weighted by Crippen LogP contribution is -2.23. The Morgan fingerprint density at radius 3 is 2.48 bits per heavy atom. The molecule has 7 heteroatoms. The third-order valence-corrected chi connectivity index (χ3v) is 5.78. The summed E-state index contributed by atoms with van der Waals surface area (Å²) in [6, 6.07) is 18.1. The van der Waals surface area contributed by atoms with Crippen molar-refractivity contribution in [3.63, 3.8) is 0 Å². The molecule has 0 fully saturated rings. The van der Waals surface area contributed by atoms with Crippen LogP contribution in [-0.2, 0) is 22.6 Å². The van der Waals surface area contributed by atoms with Gasteiger partial charge < -0.3 is 15.0 Å². The molecule has 0 bridgehead atoms. The minimum atomic E-state index is 0.0770. The summed E-state index contributed by atoms with van der Waals surface area (Å²) in [6.07, 6.45) is 0.381. The van der Waals surface area contributed by atoms with Gasteiger partial charge in [0, 0.05) is 37.8 Å². The lowest BCUT2D eigenvalue weighted by Gasteiger charge is -2.12. The summed E-state index contributed by atoms with van der Waals surface area (Å²) in [7, 11) is 5.17. The molecule has 1 N–H and O–H groups in total. The number of hydrogen-bond acceptors (Lipinski definition) is 6. The SMILES string of the molecule is COCc1nc(Nc2ccc(CC(=O)N(C)C)cc2)c2c(-c3ccccc3)csc2n1. The molecule has 4 aromatic rings. The number of nitrogens with one attached hydrogen (secondary N) is 1. The van der Waals surface area contributed by atoms with Gasteiger partial charge in [0.05, 0.1) is 11.8 Å². The van der Waals surface area contributed by atoms with E-state index in [1.54, 1.807) is 37.4 Å². The lowest BCUT2D eigenvalue weighted by molar-refractivity contribution is -0.127. The largest absolute Gasteiger partial charge is 0.377 e. The summed E-state index contributed by atoms with van der Waals surface area (Å²) >= 11 is 1.60. The van der Waals surface area contributed by atoms with Gasteiger partial charge >= 0.3 is 0 Å². The van der Waals surface area contributed by atoms with Crippen molar-refractivity contribution in [1.82, 2.24) is 14.9 Å². The zero-order valence-electron chi connectivity index (χ0n) is 17.8. The van der Waals surface area contributed by atoms with Gasteiger partial charge in [-0.15, -0.1) is 11.3 Å². The Balaban J connectivity index is 1.70. The second-order valence-corrected chi connectivity index (χ2v) is 8.26. The van der Waals surface area contributed by atoms with Crippen LogP contribution in [0, 0.1) is 0 Å². The molecular weight excluding hydrogens is 408 g/mol. The predicted molar refractivity (Wildman–Crippen MR) is 126 cm³/mol. The number of methoxy groups -OCH3 is 1. The number of ether oxygens (including phenoxy) is 1. The molecule has 0 aliphatic heterocycles. The van der Waals surface area contributed by atoms with Gasteiger partial charge in [0.2, 0.25) is 5.91 Å². The first-order chi connectivity index (χ1) is 15.0. The van der Waals surface area contributed by atoms with Crippen LogP contribution >= 0.6 is 11.3 Å². The van der Waals surface area contributed by atoms with E-state index in [0.717, 1.165) is 38.4 Å². The highest BCUT2D eigenvalue weighted by Crippen LogP contribution is 2.38. The van der Waals surface area contributed by atoms with Crippen LogP contribution < -0.4 is 5.32 Å². The third kappa shape index (κ3) is 4.73. The fraction of sp³-hybridized carbons (Fsp3) is 0.208. The number of likely N-dealkylation sites (N-methyl/N-ethyl adjacent to an activating group) is 1. The van der Waals surface area contributed by atoms with E-state index >= 15 is 0 Å². The first-order valence-electron chi connectivity index (χ1n) is 9.93. The number of anilines is 2. The molecule has 31 heavy (non-hydrogen) atoms. The summed E-state index contributed by atoms with van der Waals surface area (Å²) in [4.78, 5) is 23.9. The summed E-state index contributed by atoms with van der Waals surface area (Å²) < 4.78 is 5.26. The monoisotopic (exact) mass is 432 g/mol. The van der Waals surface area contributed by atoms with E-state index in [9.17, 15) is 4.79 Å². The fourth-order valence-corrected chi connectivity index (χ4v) is 4.24. The van der Waals surface area contributed by atoms with E-state index in [1.807, 2.05) is 42.5 Å². The zero-order chi connectivity index (χ0) is 21.8. The topological polar surface area (TPSA) is 67.3 Å². The van der Waals surface area contributed by atoms with Gasteiger partial charge in [0.15, 0.2) is 5.82 Å². The fourth-order valence-electron chi connectivity index (χ4n) is 3.28. The van der Waals surface area contributed by atoms with E-state index in [4.69, 9.17) is 9.72 Å². The number of fused-ring (bicyclic) bond motifs is 1. The molecule has 0 radical (unpaired) electrons. The van der Waals surface area contributed by atoms with E-state index in [2.05, 4.69) is 27.8 Å². The van der Waals surface area contributed by atoms with Gasteiger partial charge in [-0.3, -0.25) is 4.79 Å². The van der Waals surface area contributed by atoms with Crippen LogP contribution in [0.25, 0.3) is 21.3 Å². The Kier molecular flexibility index (Phi) is 6.25. The van der Waals surface area contributed by atoms with Gasteiger partial charge in [-0.25, -0.2) is 9.97 Å². The van der Waals surface area contributed by atoms with Crippen molar-refractivity contribution in [2.45, 2.75) is 13.0 Å². The molecule has 0 aliphatic rings. The smallest absolute Gasteiger partial charge is 0.226 e. The van der Waals surface area contributed by atoms with Crippen LogP contribution in [-0.4, -0.2) is 42.0 Å². The number of carbonyl (C=O) groups excluding carboxylic acids is 1. The molecule has 2 aromatic carbocycles. The molecular formula is C24H24N4O2S. The highest BCUT2D eigenvalue weighted by molar-refractivity contribution is 7.17. The lowest BCUT2D eigenvalue weighted by atomic mass is 10.1. The summed E-state index contributed by atoms with van der Waals surface area (Å²) in [5, 5.41) is 6.56. The second kappa shape index (κ2) is 9.24. The van der Waals surface area contributed by atoms with Crippen LogP contribution in [0.2, 0.25) is 0 Å². The minimum Gasteiger partial charge on any atom is -0.377 e. The molecule has 0 atom stereocenters. The normalized spacial score (nSPS) is 10.9. The number of aromatic nitrogens is 2. The number of amides is 1. The molecule has 2 aromatic heterocycles. The third-order valence-electron chi connectivity index (χ3n) is 4.91. The maximum atomic E-state index is 12.0. The minimum absolute atomic E-state index is 0.0770. The molecule has 0 aliphatic carbocycles. The maximum Gasteiger partial charge on any atom is 0.226 e. The van der Waals surface area contributed by atoms with Crippen LogP contribution in [0.15, 0.2) is 60.0 Å². The number of hydrogen-bond donors (Lipinski definition) is 1. The van der Waals surface area contributed by atoms with E-state index in [1.165, 1.54) is 0 Å². The van der Waals surface area contributed by atoms with Crippen molar-refractivity contribution in [2.24, 2.45) is 0 Å². The molecule has 0 unspecified atom stereocenters. The van der Waals surface area contributed by atoms with Crippen LogP contribution in [0.4, 0.5) is 11.5 Å². The second-order valence-electron chi connectivity index (χ2n) is 7.40. The standard InChI is InChI=1S/C24H24N4O2S/c1-28(2)21(29)13-16-9-11-18(12-10-16)25-23-22-19(17-7-5-4-6-8-17)15-31-24(22)27-20(26-23)14-30-3/h4-12,15H,13-14H2,1-3H3,(H,25,26,27). The first kappa shape index (κ1) is 21.0. The van der Waals surface area contributed by atoms with Gasteiger partial charge in [-0.2, -0.15) is 0 Å². The van der Waals surface area contributed by atoms with Crippen molar-refractivity contribution in [2.75, 3.05) is 26.5 Å². The van der Waals surface area contributed by atoms with Crippen molar-refractivity contribution in [1.29, 1.82) is 0 Å². The van der Waals surface area contributed by atoms with Crippen molar-refractivity contribution < 1.29 is 9.53 Å². The van der Waals surface area contributed by atoms with E-state index in [-0.39, 0.29) is 5.91 Å². The van der Waals surface area contributed by atoms with Gasteiger partial charge in [0.25, 0.3) is 0 Å². The first-order valence-corrected chi connectivity index (χ1v) is 10.8.